The summed E-state index contributed by atoms with van der Waals surface area (Å²) in [6.45, 7) is 0.614. The van der Waals surface area contributed by atoms with Gasteiger partial charge in [0.15, 0.2) is 0 Å². The maximum absolute atomic E-state index is 12.5. The van der Waals surface area contributed by atoms with Gasteiger partial charge in [-0.15, -0.1) is 0 Å². The second-order valence-corrected chi connectivity index (χ2v) is 5.76. The molecule has 0 spiro atoms. The highest BCUT2D eigenvalue weighted by molar-refractivity contribution is 5.89. The van der Waals surface area contributed by atoms with Crippen molar-refractivity contribution in [3.63, 3.8) is 0 Å². The number of hydrogen-bond acceptors (Lipinski definition) is 3. The van der Waals surface area contributed by atoms with E-state index in [1.165, 1.54) is 0 Å². The zero-order valence-electron chi connectivity index (χ0n) is 14.1. The lowest BCUT2D eigenvalue weighted by Gasteiger charge is -2.29. The second-order valence-electron chi connectivity index (χ2n) is 5.76. The van der Waals surface area contributed by atoms with Gasteiger partial charge in [0, 0.05) is 30.4 Å². The Morgan fingerprint density at radius 2 is 2.12 bits per heavy atom. The van der Waals surface area contributed by atoms with Gasteiger partial charge in [0.2, 0.25) is 0 Å². The van der Waals surface area contributed by atoms with Crippen molar-refractivity contribution >= 4 is 11.7 Å². The molecule has 2 aromatic carbocycles. The van der Waals surface area contributed by atoms with Crippen molar-refractivity contribution in [2.24, 2.45) is 0 Å². The predicted octanol–water partition coefficient (Wildman–Crippen LogP) is 3.63. The third-order valence-corrected chi connectivity index (χ3v) is 4.16. The number of ether oxygens (including phenoxy) is 2. The van der Waals surface area contributed by atoms with Crippen LogP contribution in [0.1, 0.15) is 11.1 Å². The summed E-state index contributed by atoms with van der Waals surface area (Å²) in [6.07, 6.45) is 0.756. The Morgan fingerprint density at radius 1 is 1.28 bits per heavy atom. The number of alkyl halides is 1. The molecule has 0 aromatic heterocycles. The summed E-state index contributed by atoms with van der Waals surface area (Å²) in [5, 5.41) is 2.87. The molecule has 25 heavy (non-hydrogen) atoms. The topological polar surface area (TPSA) is 50.8 Å². The van der Waals surface area contributed by atoms with E-state index in [1.54, 1.807) is 36.3 Å². The van der Waals surface area contributed by atoms with Crippen molar-refractivity contribution < 1.29 is 18.7 Å². The highest BCUT2D eigenvalue weighted by atomic mass is 19.1. The van der Waals surface area contributed by atoms with Gasteiger partial charge in [-0.3, -0.25) is 0 Å². The monoisotopic (exact) mass is 344 g/mol. The van der Waals surface area contributed by atoms with Crippen molar-refractivity contribution in [1.29, 1.82) is 0 Å². The van der Waals surface area contributed by atoms with E-state index in [0.29, 0.717) is 24.5 Å². The number of urea groups is 1. The van der Waals surface area contributed by atoms with Crippen LogP contribution in [-0.4, -0.2) is 37.9 Å². The van der Waals surface area contributed by atoms with Gasteiger partial charge in [-0.25, -0.2) is 9.18 Å². The van der Waals surface area contributed by atoms with Crippen LogP contribution in [0.2, 0.25) is 0 Å². The minimum Gasteiger partial charge on any atom is -0.496 e. The summed E-state index contributed by atoms with van der Waals surface area (Å²) >= 11 is 0. The molecule has 5 nitrogen and oxygen atoms in total. The number of benzene rings is 2. The maximum atomic E-state index is 12.5. The SMILES string of the molecule is COc1cccc2c1CCN(C(=O)Nc1cccc(OCCF)c1)C2. The summed E-state index contributed by atoms with van der Waals surface area (Å²) < 4.78 is 22.8. The van der Waals surface area contributed by atoms with Crippen LogP contribution in [0.4, 0.5) is 14.9 Å². The quantitative estimate of drug-likeness (QED) is 0.901. The van der Waals surface area contributed by atoms with Gasteiger partial charge in [0.1, 0.15) is 24.8 Å². The average molecular weight is 344 g/mol. The number of anilines is 1. The number of rotatable bonds is 5. The van der Waals surface area contributed by atoms with Crippen molar-refractivity contribution in [1.82, 2.24) is 4.90 Å². The van der Waals surface area contributed by atoms with Gasteiger partial charge in [0.25, 0.3) is 0 Å². The molecule has 1 aliphatic rings. The van der Waals surface area contributed by atoms with Crippen LogP contribution in [0.5, 0.6) is 11.5 Å². The van der Waals surface area contributed by atoms with Gasteiger partial charge in [0.05, 0.1) is 7.11 Å². The van der Waals surface area contributed by atoms with E-state index in [0.717, 1.165) is 23.3 Å². The van der Waals surface area contributed by atoms with Crippen LogP contribution in [0, 0.1) is 0 Å². The number of fused-ring (bicyclic) bond motifs is 1. The predicted molar refractivity (Wildman–Crippen MR) is 94.0 cm³/mol. The van der Waals surface area contributed by atoms with E-state index in [4.69, 9.17) is 9.47 Å². The summed E-state index contributed by atoms with van der Waals surface area (Å²) in [7, 11) is 1.66. The fourth-order valence-electron chi connectivity index (χ4n) is 2.96. The molecule has 132 valence electrons. The summed E-state index contributed by atoms with van der Waals surface area (Å²) in [6, 6.07) is 12.7. The van der Waals surface area contributed by atoms with Crippen molar-refractivity contribution in [2.75, 3.05) is 32.3 Å². The van der Waals surface area contributed by atoms with Gasteiger partial charge in [-0.2, -0.15) is 0 Å². The molecule has 0 unspecified atom stereocenters. The summed E-state index contributed by atoms with van der Waals surface area (Å²) in [5.74, 6) is 1.40. The molecule has 1 aliphatic heterocycles. The molecule has 0 atom stereocenters. The van der Waals surface area contributed by atoms with E-state index in [2.05, 4.69) is 5.32 Å². The van der Waals surface area contributed by atoms with E-state index in [9.17, 15) is 9.18 Å². The Labute approximate surface area is 146 Å². The van der Waals surface area contributed by atoms with E-state index >= 15 is 0 Å². The first kappa shape index (κ1) is 17.1. The largest absolute Gasteiger partial charge is 0.496 e. The van der Waals surface area contributed by atoms with Crippen LogP contribution in [0.3, 0.4) is 0 Å². The molecule has 6 heteroatoms. The normalized spacial score (nSPS) is 13.1. The Balaban J connectivity index is 1.66. The number of amides is 2. The Hall–Kier alpha value is -2.76. The molecule has 0 saturated carbocycles. The molecule has 3 rings (SSSR count). The van der Waals surface area contributed by atoms with E-state index in [1.807, 2.05) is 18.2 Å². The number of methoxy groups -OCH3 is 1. The highest BCUT2D eigenvalue weighted by Crippen LogP contribution is 2.28. The fourth-order valence-corrected chi connectivity index (χ4v) is 2.96. The molecule has 0 fully saturated rings. The Bertz CT molecular complexity index is 751. The van der Waals surface area contributed by atoms with Crippen LogP contribution in [0.15, 0.2) is 42.5 Å². The molecular weight excluding hydrogens is 323 g/mol. The van der Waals surface area contributed by atoms with Gasteiger partial charge in [-0.05, 0) is 30.2 Å². The molecule has 0 radical (unpaired) electrons. The van der Waals surface area contributed by atoms with Crippen LogP contribution in [-0.2, 0) is 13.0 Å². The lowest BCUT2D eigenvalue weighted by atomic mass is 9.99. The Morgan fingerprint density at radius 3 is 2.92 bits per heavy atom. The zero-order valence-corrected chi connectivity index (χ0v) is 14.1. The molecule has 1 heterocycles. The summed E-state index contributed by atoms with van der Waals surface area (Å²) in [4.78, 5) is 14.3. The third-order valence-electron chi connectivity index (χ3n) is 4.16. The first-order valence-corrected chi connectivity index (χ1v) is 8.21. The first-order valence-electron chi connectivity index (χ1n) is 8.21. The van der Waals surface area contributed by atoms with Crippen molar-refractivity contribution in [2.45, 2.75) is 13.0 Å². The average Bonchev–Trinajstić information content (AvgIpc) is 2.65. The minimum absolute atomic E-state index is 0.00212. The van der Waals surface area contributed by atoms with Crippen LogP contribution < -0.4 is 14.8 Å². The molecule has 0 bridgehead atoms. The smallest absolute Gasteiger partial charge is 0.322 e. The number of carbonyl (C=O) groups is 1. The zero-order chi connectivity index (χ0) is 17.6. The molecule has 2 amide bonds. The number of hydrogen-bond donors (Lipinski definition) is 1. The van der Waals surface area contributed by atoms with Crippen molar-refractivity contribution in [3.8, 4) is 11.5 Å². The number of halogens is 1. The third kappa shape index (κ3) is 4.02. The number of nitrogens with one attached hydrogen (secondary N) is 1. The van der Waals surface area contributed by atoms with Crippen molar-refractivity contribution in [3.05, 3.63) is 53.6 Å². The molecule has 1 N–H and O–H groups in total. The van der Waals surface area contributed by atoms with E-state index in [-0.39, 0.29) is 12.6 Å². The van der Waals surface area contributed by atoms with Gasteiger partial charge in [-0.1, -0.05) is 18.2 Å². The first-order chi connectivity index (χ1) is 12.2. The maximum Gasteiger partial charge on any atom is 0.322 e. The molecule has 0 saturated heterocycles. The molecule has 0 aliphatic carbocycles. The van der Waals surface area contributed by atoms with Crippen LogP contribution >= 0.6 is 0 Å². The Kier molecular flexibility index (Phi) is 5.38. The molecular formula is C19H21FN2O3. The van der Waals surface area contributed by atoms with E-state index < -0.39 is 6.67 Å². The van der Waals surface area contributed by atoms with Gasteiger partial charge < -0.3 is 19.7 Å². The lowest BCUT2D eigenvalue weighted by molar-refractivity contribution is 0.206. The minimum atomic E-state index is -0.548. The summed E-state index contributed by atoms with van der Waals surface area (Å²) in [5.41, 5.74) is 2.88. The van der Waals surface area contributed by atoms with Gasteiger partial charge >= 0.3 is 6.03 Å². The fraction of sp³-hybridized carbons (Fsp3) is 0.316. The molecule has 2 aromatic rings. The van der Waals surface area contributed by atoms with Crippen LogP contribution in [0.25, 0.3) is 0 Å². The number of carbonyl (C=O) groups excluding carboxylic acids is 1. The number of nitrogens with zero attached hydrogens (tertiary/aromatic N) is 1. The standard InChI is InChI=1S/C19H21FN2O3/c1-24-18-7-2-4-14-13-22(10-8-17(14)18)19(23)21-15-5-3-6-16(12-15)25-11-9-20/h2-7,12H,8-11,13H2,1H3,(H,21,23). The highest BCUT2D eigenvalue weighted by Gasteiger charge is 2.22. The second kappa shape index (κ2) is 7.88. The lowest BCUT2D eigenvalue weighted by Crippen LogP contribution is -2.39.